The molecule has 3 N–H and O–H groups in total. The van der Waals surface area contributed by atoms with Gasteiger partial charge in [0.15, 0.2) is 5.65 Å². The van der Waals surface area contributed by atoms with Gasteiger partial charge in [0.1, 0.15) is 18.1 Å². The highest BCUT2D eigenvalue weighted by atomic mass is 19.4. The van der Waals surface area contributed by atoms with E-state index in [0.717, 1.165) is 24.3 Å². The van der Waals surface area contributed by atoms with E-state index in [1.165, 1.54) is 34.8 Å². The van der Waals surface area contributed by atoms with Gasteiger partial charge in [0.05, 0.1) is 6.42 Å². The van der Waals surface area contributed by atoms with Crippen molar-refractivity contribution in [2.24, 2.45) is 0 Å². The van der Waals surface area contributed by atoms with Crippen LogP contribution in [0.1, 0.15) is 15.9 Å². The van der Waals surface area contributed by atoms with Crippen LogP contribution in [0.3, 0.4) is 0 Å². The quantitative estimate of drug-likeness (QED) is 0.118. The number of amides is 2. The number of aromatic nitrogens is 3. The highest BCUT2D eigenvalue weighted by Gasteiger charge is 2.43. The van der Waals surface area contributed by atoms with Gasteiger partial charge in [-0.2, -0.15) is 31.3 Å². The molecule has 0 bridgehead atoms. The maximum atomic E-state index is 13.8. The number of pyridine rings is 1. The number of nitrogens with zero attached hydrogens (tertiary/aromatic N) is 3. The van der Waals surface area contributed by atoms with Crippen LogP contribution in [0.25, 0.3) is 16.8 Å². The molecule has 2 amide bonds. The van der Waals surface area contributed by atoms with E-state index >= 15 is 0 Å². The van der Waals surface area contributed by atoms with Crippen LogP contribution in [0, 0.1) is 5.82 Å². The van der Waals surface area contributed by atoms with Crippen LogP contribution in [0.15, 0.2) is 91.1 Å². The minimum Gasteiger partial charge on any atom is -0.461 e. The van der Waals surface area contributed by atoms with Gasteiger partial charge >= 0.3 is 12.4 Å². The van der Waals surface area contributed by atoms with Gasteiger partial charge in [-0.15, -0.1) is 5.10 Å². The Balaban J connectivity index is 1.23. The molecule has 244 valence electrons. The topological polar surface area (TPSA) is 110 Å². The van der Waals surface area contributed by atoms with Crippen LogP contribution in [0.2, 0.25) is 0 Å². The number of halogens is 7. The molecule has 0 aliphatic rings. The number of alkyl halides is 6. The zero-order chi connectivity index (χ0) is 33.8. The largest absolute Gasteiger partial charge is 0.461 e. The maximum absolute atomic E-state index is 13.8. The van der Waals surface area contributed by atoms with Gasteiger partial charge in [-0.05, 0) is 71.8 Å². The monoisotopic (exact) mass is 660 g/mol. The summed E-state index contributed by atoms with van der Waals surface area (Å²) >= 11 is 0. The molecule has 0 fully saturated rings. The minimum atomic E-state index is -4.94. The first-order valence-electron chi connectivity index (χ1n) is 13.7. The van der Waals surface area contributed by atoms with Crippen LogP contribution in [-0.4, -0.2) is 51.5 Å². The average Bonchev–Trinajstić information content (AvgIpc) is 3.42. The number of benzene rings is 3. The molecular weight excluding hydrogens is 637 g/mol. The third-order valence-electron chi connectivity index (χ3n) is 6.49. The Morgan fingerprint density at radius 2 is 1.49 bits per heavy atom. The predicted octanol–water partition coefficient (Wildman–Crippen LogP) is 6.39. The number of fused-ring (bicyclic) bond motifs is 1. The summed E-state index contributed by atoms with van der Waals surface area (Å²) in [6, 6.07) is 19.7. The first-order chi connectivity index (χ1) is 22.2. The van der Waals surface area contributed by atoms with E-state index in [-0.39, 0.29) is 29.3 Å². The Kier molecular flexibility index (Phi) is 9.30. The van der Waals surface area contributed by atoms with Gasteiger partial charge in [0.2, 0.25) is 11.9 Å². The number of nitrogens with one attached hydrogen (secondary N) is 3. The van der Waals surface area contributed by atoms with Gasteiger partial charge in [0, 0.05) is 23.0 Å². The van der Waals surface area contributed by atoms with Crippen molar-refractivity contribution in [2.75, 3.05) is 17.2 Å². The molecular formula is C31H23F7N6O3. The molecule has 0 radical (unpaired) electrons. The summed E-state index contributed by atoms with van der Waals surface area (Å²) in [6.07, 6.45) is -10.6. The van der Waals surface area contributed by atoms with E-state index < -0.39 is 42.8 Å². The van der Waals surface area contributed by atoms with E-state index in [2.05, 4.69) is 20.7 Å². The van der Waals surface area contributed by atoms with Gasteiger partial charge in [-0.1, -0.05) is 24.3 Å². The molecule has 1 atom stereocenters. The number of anilines is 2. The number of carbonyl (C=O) groups excluding carboxylic acids is 2. The molecule has 3 aromatic carbocycles. The average molecular weight is 661 g/mol. The highest BCUT2D eigenvalue weighted by molar-refractivity contribution is 5.94. The fourth-order valence-electron chi connectivity index (χ4n) is 4.25. The normalized spacial score (nSPS) is 12.4. The fraction of sp³-hybridized carbons (Fsp3) is 0.161. The summed E-state index contributed by atoms with van der Waals surface area (Å²) < 4.78 is 97.8. The van der Waals surface area contributed by atoms with E-state index in [9.17, 15) is 40.3 Å². The molecule has 5 rings (SSSR count). The lowest BCUT2D eigenvalue weighted by Gasteiger charge is -2.22. The van der Waals surface area contributed by atoms with Crippen molar-refractivity contribution < 1.29 is 45.1 Å². The molecule has 47 heavy (non-hydrogen) atoms. The lowest BCUT2D eigenvalue weighted by Crippen LogP contribution is -2.41. The van der Waals surface area contributed by atoms with Crippen molar-refractivity contribution in [3.63, 3.8) is 0 Å². The molecule has 2 heterocycles. The Morgan fingerprint density at radius 3 is 2.13 bits per heavy atom. The van der Waals surface area contributed by atoms with Crippen molar-refractivity contribution in [1.29, 1.82) is 0 Å². The number of ether oxygens (including phenoxy) is 1. The first-order valence-corrected chi connectivity index (χ1v) is 13.7. The van der Waals surface area contributed by atoms with E-state index in [4.69, 9.17) is 4.74 Å². The van der Waals surface area contributed by atoms with Crippen molar-refractivity contribution in [3.05, 3.63) is 108 Å². The minimum absolute atomic E-state index is 0.0565. The Hall–Kier alpha value is -5.67. The smallest absolute Gasteiger partial charge is 0.445 e. The lowest BCUT2D eigenvalue weighted by molar-refractivity contribution is -0.186. The summed E-state index contributed by atoms with van der Waals surface area (Å²) in [7, 11) is 0. The van der Waals surface area contributed by atoms with Gasteiger partial charge in [0.25, 0.3) is 12.1 Å². The second-order valence-corrected chi connectivity index (χ2v) is 10.1. The number of hydrogen-bond acceptors (Lipinski definition) is 6. The summed E-state index contributed by atoms with van der Waals surface area (Å²) in [5.74, 6) is -2.49. The standard InChI is InChI=1S/C31H23F7N6O3/c32-22-8-1-18(2-9-22)15-26(45)40-23-10-3-19(4-11-23)21-7-14-25-41-29(43-44(25)16-21)42-28(31(36,37)38)47-24-12-5-20(6-13-24)27(46)39-17-30(33,34)35/h1-14,16,28H,15,17H2,(H,39,46)(H,40,45)(H,42,43). The molecule has 0 saturated heterocycles. The molecule has 1 unspecified atom stereocenters. The summed E-state index contributed by atoms with van der Waals surface area (Å²) in [6.45, 7) is -1.56. The molecule has 9 nitrogen and oxygen atoms in total. The summed E-state index contributed by atoms with van der Waals surface area (Å²) in [5.41, 5.74) is 2.52. The predicted molar refractivity (Wildman–Crippen MR) is 156 cm³/mol. The lowest BCUT2D eigenvalue weighted by atomic mass is 10.1. The second-order valence-electron chi connectivity index (χ2n) is 10.1. The summed E-state index contributed by atoms with van der Waals surface area (Å²) in [4.78, 5) is 28.3. The number of hydrogen-bond donors (Lipinski definition) is 3. The SMILES string of the molecule is O=C(Cc1ccc(F)cc1)Nc1ccc(-c2ccc3nc(NC(Oc4ccc(C(=O)NCC(F)(F)F)cc4)C(F)(F)F)nn3c2)cc1. The molecule has 2 aromatic heterocycles. The van der Waals surface area contributed by atoms with E-state index in [0.29, 0.717) is 22.4 Å². The van der Waals surface area contributed by atoms with Gasteiger partial charge in [-0.25, -0.2) is 8.91 Å². The third kappa shape index (κ3) is 8.96. The molecule has 5 aromatic rings. The van der Waals surface area contributed by atoms with Crippen molar-refractivity contribution in [1.82, 2.24) is 19.9 Å². The van der Waals surface area contributed by atoms with Gasteiger partial charge in [-0.3, -0.25) is 9.59 Å². The van der Waals surface area contributed by atoms with Crippen molar-refractivity contribution in [2.45, 2.75) is 25.0 Å². The van der Waals surface area contributed by atoms with Crippen LogP contribution < -0.4 is 20.7 Å². The molecule has 0 saturated carbocycles. The highest BCUT2D eigenvalue weighted by Crippen LogP contribution is 2.27. The number of carbonyl (C=O) groups is 2. The van der Waals surface area contributed by atoms with Crippen molar-refractivity contribution in [3.8, 4) is 16.9 Å². The van der Waals surface area contributed by atoms with Crippen LogP contribution >= 0.6 is 0 Å². The first kappa shape index (κ1) is 32.7. The third-order valence-corrected chi connectivity index (χ3v) is 6.49. The Labute approximate surface area is 261 Å². The van der Waals surface area contributed by atoms with Crippen LogP contribution in [-0.2, 0) is 11.2 Å². The Morgan fingerprint density at radius 1 is 0.830 bits per heavy atom. The van der Waals surface area contributed by atoms with Crippen LogP contribution in [0.4, 0.5) is 42.4 Å². The van der Waals surface area contributed by atoms with Gasteiger partial charge < -0.3 is 20.7 Å². The number of rotatable bonds is 10. The molecule has 0 aliphatic heterocycles. The van der Waals surface area contributed by atoms with E-state index in [1.54, 1.807) is 41.8 Å². The fourth-order valence-corrected chi connectivity index (χ4v) is 4.25. The maximum Gasteiger partial charge on any atom is 0.445 e. The molecule has 0 spiro atoms. The zero-order valence-corrected chi connectivity index (χ0v) is 23.9. The van der Waals surface area contributed by atoms with E-state index in [1.807, 2.05) is 0 Å². The summed E-state index contributed by atoms with van der Waals surface area (Å²) in [5, 5.41) is 10.6. The Bertz CT molecular complexity index is 1860. The second kappa shape index (κ2) is 13.4. The van der Waals surface area contributed by atoms with Crippen LogP contribution in [0.5, 0.6) is 5.75 Å². The molecule has 16 heteroatoms. The van der Waals surface area contributed by atoms with Crippen molar-refractivity contribution >= 4 is 29.1 Å². The molecule has 0 aliphatic carbocycles. The zero-order valence-electron chi connectivity index (χ0n) is 23.9.